The summed E-state index contributed by atoms with van der Waals surface area (Å²) in [5, 5.41) is 7.73. The summed E-state index contributed by atoms with van der Waals surface area (Å²) in [6.07, 6.45) is 4.60. The number of thiophene rings is 1. The number of nitrogens with one attached hydrogen (secondary N) is 1. The van der Waals surface area contributed by atoms with E-state index in [1.54, 1.807) is 11.3 Å². The van der Waals surface area contributed by atoms with Crippen LogP contribution in [0.2, 0.25) is 5.28 Å². The Labute approximate surface area is 133 Å². The summed E-state index contributed by atoms with van der Waals surface area (Å²) in [6, 6.07) is 2.13. The van der Waals surface area contributed by atoms with Gasteiger partial charge >= 0.3 is 0 Å². The molecule has 0 aromatic carbocycles. The van der Waals surface area contributed by atoms with Gasteiger partial charge in [0.15, 0.2) is 0 Å². The molecule has 112 valence electrons. The van der Waals surface area contributed by atoms with Crippen molar-refractivity contribution in [1.29, 1.82) is 0 Å². The van der Waals surface area contributed by atoms with E-state index in [0.29, 0.717) is 11.9 Å². The van der Waals surface area contributed by atoms with Crippen molar-refractivity contribution in [2.75, 3.05) is 29.9 Å². The van der Waals surface area contributed by atoms with Gasteiger partial charge in [-0.3, -0.25) is 0 Å². The molecule has 7 heteroatoms. The summed E-state index contributed by atoms with van der Waals surface area (Å²) in [6.45, 7) is 2.78. The maximum absolute atomic E-state index is 6.02. The fourth-order valence-corrected chi connectivity index (χ4v) is 3.27. The molecular weight excluding hydrogens is 306 g/mol. The average Bonchev–Trinajstić information content (AvgIpc) is 3.01. The van der Waals surface area contributed by atoms with Gasteiger partial charge in [0.25, 0.3) is 0 Å². The zero-order valence-corrected chi connectivity index (χ0v) is 13.3. The third kappa shape index (κ3) is 4.04. The Morgan fingerprint density at radius 1 is 1.19 bits per heavy atom. The van der Waals surface area contributed by atoms with Crippen LogP contribution >= 0.6 is 22.9 Å². The van der Waals surface area contributed by atoms with Crippen LogP contribution in [0.5, 0.6) is 0 Å². The van der Waals surface area contributed by atoms with Gasteiger partial charge in [-0.05, 0) is 59.7 Å². The molecule has 2 aromatic heterocycles. The normalized spacial score (nSPS) is 15.2. The first-order valence-corrected chi connectivity index (χ1v) is 8.55. The summed E-state index contributed by atoms with van der Waals surface area (Å²) in [7, 11) is 0. The van der Waals surface area contributed by atoms with E-state index < -0.39 is 0 Å². The molecule has 3 rings (SSSR count). The molecule has 0 saturated carbocycles. The highest BCUT2D eigenvalue weighted by Crippen LogP contribution is 2.18. The van der Waals surface area contributed by atoms with E-state index in [1.165, 1.54) is 24.8 Å². The standard InChI is InChI=1S/C14H18ClN5S/c15-12-17-13(16-6-4-11-5-9-21-10-11)19-14(18-12)20-7-2-1-3-8-20/h5,9-10H,1-4,6-8H2,(H,16,17,18,19). The lowest BCUT2D eigenvalue weighted by molar-refractivity contribution is 0.567. The first-order chi connectivity index (χ1) is 10.3. The smallest absolute Gasteiger partial charge is 0.231 e. The first kappa shape index (κ1) is 14.5. The molecule has 0 aliphatic carbocycles. The number of hydrogen-bond acceptors (Lipinski definition) is 6. The molecule has 0 amide bonds. The quantitative estimate of drug-likeness (QED) is 0.915. The summed E-state index contributed by atoms with van der Waals surface area (Å²) < 4.78 is 0. The predicted octanol–water partition coefficient (Wildman–Crippen LogP) is 3.23. The van der Waals surface area contributed by atoms with Crippen molar-refractivity contribution in [3.8, 4) is 0 Å². The van der Waals surface area contributed by atoms with Gasteiger partial charge in [0.2, 0.25) is 17.2 Å². The Kier molecular flexibility index (Phi) is 4.87. The van der Waals surface area contributed by atoms with Crippen molar-refractivity contribution in [3.05, 3.63) is 27.7 Å². The minimum absolute atomic E-state index is 0.253. The second-order valence-corrected chi connectivity index (χ2v) is 6.20. The molecular formula is C14H18ClN5S. The highest BCUT2D eigenvalue weighted by molar-refractivity contribution is 7.07. The topological polar surface area (TPSA) is 53.9 Å². The molecule has 0 atom stereocenters. The Morgan fingerprint density at radius 3 is 2.81 bits per heavy atom. The summed E-state index contributed by atoms with van der Waals surface area (Å²) in [4.78, 5) is 15.1. The number of piperidine rings is 1. The van der Waals surface area contributed by atoms with Crippen LogP contribution in [-0.4, -0.2) is 34.6 Å². The van der Waals surface area contributed by atoms with Gasteiger partial charge in [0.05, 0.1) is 0 Å². The molecule has 0 bridgehead atoms. The third-order valence-corrected chi connectivity index (χ3v) is 4.41. The monoisotopic (exact) mass is 323 g/mol. The molecule has 2 aromatic rings. The van der Waals surface area contributed by atoms with Crippen LogP contribution in [0.4, 0.5) is 11.9 Å². The van der Waals surface area contributed by atoms with Crippen LogP contribution < -0.4 is 10.2 Å². The van der Waals surface area contributed by atoms with Crippen LogP contribution in [0.3, 0.4) is 0 Å². The number of anilines is 2. The molecule has 5 nitrogen and oxygen atoms in total. The van der Waals surface area contributed by atoms with Crippen molar-refractivity contribution in [2.24, 2.45) is 0 Å². The van der Waals surface area contributed by atoms with Gasteiger partial charge in [0, 0.05) is 19.6 Å². The summed E-state index contributed by atoms with van der Waals surface area (Å²) in [5.74, 6) is 1.25. The van der Waals surface area contributed by atoms with E-state index in [0.717, 1.165) is 26.1 Å². The van der Waals surface area contributed by atoms with E-state index in [2.05, 4.69) is 42.0 Å². The van der Waals surface area contributed by atoms with Crippen LogP contribution in [0.1, 0.15) is 24.8 Å². The Balaban J connectivity index is 1.63. The molecule has 1 fully saturated rings. The predicted molar refractivity (Wildman–Crippen MR) is 87.4 cm³/mol. The van der Waals surface area contributed by atoms with Crippen molar-refractivity contribution < 1.29 is 0 Å². The van der Waals surface area contributed by atoms with Gasteiger partial charge in [-0.1, -0.05) is 0 Å². The Bertz CT molecular complexity index is 569. The van der Waals surface area contributed by atoms with Crippen LogP contribution in [0.25, 0.3) is 0 Å². The Hall–Kier alpha value is -1.40. The van der Waals surface area contributed by atoms with Gasteiger partial charge in [0.1, 0.15) is 0 Å². The molecule has 1 aliphatic heterocycles. The minimum Gasteiger partial charge on any atom is -0.354 e. The SMILES string of the molecule is Clc1nc(NCCc2ccsc2)nc(N2CCCCC2)n1. The van der Waals surface area contributed by atoms with Gasteiger partial charge in [-0.25, -0.2) is 0 Å². The molecule has 0 radical (unpaired) electrons. The number of rotatable bonds is 5. The first-order valence-electron chi connectivity index (χ1n) is 7.23. The number of nitrogens with zero attached hydrogens (tertiary/aromatic N) is 4. The maximum Gasteiger partial charge on any atom is 0.231 e. The molecule has 0 spiro atoms. The molecule has 21 heavy (non-hydrogen) atoms. The average molecular weight is 324 g/mol. The minimum atomic E-state index is 0.253. The van der Waals surface area contributed by atoms with Crippen LogP contribution in [0, 0.1) is 0 Å². The fraction of sp³-hybridized carbons (Fsp3) is 0.500. The zero-order chi connectivity index (χ0) is 14.5. The molecule has 1 aliphatic rings. The molecule has 1 N–H and O–H groups in total. The van der Waals surface area contributed by atoms with Crippen molar-refractivity contribution in [2.45, 2.75) is 25.7 Å². The van der Waals surface area contributed by atoms with Crippen LogP contribution in [0.15, 0.2) is 16.8 Å². The molecule has 0 unspecified atom stereocenters. The van der Waals surface area contributed by atoms with Gasteiger partial charge in [-0.15, -0.1) is 0 Å². The van der Waals surface area contributed by atoms with Gasteiger partial charge in [-0.2, -0.15) is 26.3 Å². The lowest BCUT2D eigenvalue weighted by Crippen LogP contribution is -2.31. The number of aromatic nitrogens is 3. The van der Waals surface area contributed by atoms with E-state index in [4.69, 9.17) is 11.6 Å². The molecule has 1 saturated heterocycles. The highest BCUT2D eigenvalue weighted by atomic mass is 35.5. The van der Waals surface area contributed by atoms with Crippen molar-refractivity contribution >= 4 is 34.8 Å². The zero-order valence-electron chi connectivity index (χ0n) is 11.8. The second kappa shape index (κ2) is 7.04. The van der Waals surface area contributed by atoms with E-state index >= 15 is 0 Å². The van der Waals surface area contributed by atoms with Gasteiger partial charge < -0.3 is 10.2 Å². The van der Waals surface area contributed by atoms with Crippen molar-refractivity contribution in [3.63, 3.8) is 0 Å². The molecule has 3 heterocycles. The lowest BCUT2D eigenvalue weighted by atomic mass is 10.1. The Morgan fingerprint density at radius 2 is 2.05 bits per heavy atom. The van der Waals surface area contributed by atoms with E-state index in [1.807, 2.05) is 0 Å². The summed E-state index contributed by atoms with van der Waals surface area (Å²) >= 11 is 7.73. The number of halogens is 1. The lowest BCUT2D eigenvalue weighted by Gasteiger charge is -2.26. The van der Waals surface area contributed by atoms with E-state index in [9.17, 15) is 0 Å². The second-order valence-electron chi connectivity index (χ2n) is 5.08. The highest BCUT2D eigenvalue weighted by Gasteiger charge is 2.15. The largest absolute Gasteiger partial charge is 0.354 e. The summed E-state index contributed by atoms with van der Waals surface area (Å²) in [5.41, 5.74) is 1.32. The third-order valence-electron chi connectivity index (χ3n) is 3.51. The van der Waals surface area contributed by atoms with Crippen molar-refractivity contribution in [1.82, 2.24) is 15.0 Å². The van der Waals surface area contributed by atoms with Crippen LogP contribution in [-0.2, 0) is 6.42 Å². The number of hydrogen-bond donors (Lipinski definition) is 1. The maximum atomic E-state index is 6.02. The fourth-order valence-electron chi connectivity index (χ4n) is 2.41. The van der Waals surface area contributed by atoms with E-state index in [-0.39, 0.29) is 5.28 Å².